The van der Waals surface area contributed by atoms with Gasteiger partial charge in [0, 0.05) is 11.4 Å². The van der Waals surface area contributed by atoms with E-state index >= 15 is 0 Å². The van der Waals surface area contributed by atoms with E-state index in [0.717, 1.165) is 17.7 Å². The first-order chi connectivity index (χ1) is 12.2. The molecule has 1 saturated carbocycles. The number of hydrogen-bond donors (Lipinski definition) is 0. The van der Waals surface area contributed by atoms with Gasteiger partial charge in [-0.25, -0.2) is 8.42 Å². The molecule has 2 heterocycles. The maximum absolute atomic E-state index is 13.2. The van der Waals surface area contributed by atoms with E-state index in [2.05, 4.69) is 6.07 Å². The van der Waals surface area contributed by atoms with Crippen LogP contribution in [0.2, 0.25) is 0 Å². The lowest BCUT2D eigenvalue weighted by molar-refractivity contribution is 0.401. The fourth-order valence-corrected chi connectivity index (χ4v) is 6.89. The summed E-state index contributed by atoms with van der Waals surface area (Å²) in [4.78, 5) is 1.59. The molecular weight excluding hydrogens is 350 g/mol. The van der Waals surface area contributed by atoms with Crippen LogP contribution in [0.3, 0.4) is 0 Å². The van der Waals surface area contributed by atoms with Crippen LogP contribution in [0.4, 0.5) is 0 Å². The van der Waals surface area contributed by atoms with Gasteiger partial charge in [-0.15, -0.1) is 11.3 Å². The van der Waals surface area contributed by atoms with Gasteiger partial charge >= 0.3 is 0 Å². The number of thiophene rings is 1. The Hall–Kier alpha value is -1.17. The predicted octanol–water partition coefficient (Wildman–Crippen LogP) is 5.32. The SMILES string of the molecule is O=S(=O)(c1ccc(C2CCCCC2)cc1)N1CCC[C@@H]1c1cccs1. The first kappa shape index (κ1) is 17.3. The fraction of sp³-hybridized carbons (Fsp3) is 0.500. The molecule has 1 aromatic carbocycles. The normalized spacial score (nSPS) is 23.1. The smallest absolute Gasteiger partial charge is 0.207 e. The topological polar surface area (TPSA) is 37.4 Å². The quantitative estimate of drug-likeness (QED) is 0.725. The summed E-state index contributed by atoms with van der Waals surface area (Å²) in [6.45, 7) is 0.620. The average Bonchev–Trinajstić information content (AvgIpc) is 3.34. The molecule has 2 aliphatic rings. The van der Waals surface area contributed by atoms with Crippen LogP contribution in [0.5, 0.6) is 0 Å². The van der Waals surface area contributed by atoms with Crippen LogP contribution in [0.15, 0.2) is 46.7 Å². The van der Waals surface area contributed by atoms with Gasteiger partial charge in [0.1, 0.15) is 0 Å². The van der Waals surface area contributed by atoms with Gasteiger partial charge < -0.3 is 0 Å². The average molecular weight is 376 g/mol. The molecule has 0 spiro atoms. The second-order valence-electron chi connectivity index (χ2n) is 7.19. The third-order valence-corrected chi connectivity index (χ3v) is 8.53. The van der Waals surface area contributed by atoms with Gasteiger partial charge in [0.05, 0.1) is 10.9 Å². The van der Waals surface area contributed by atoms with E-state index in [-0.39, 0.29) is 6.04 Å². The molecule has 25 heavy (non-hydrogen) atoms. The van der Waals surface area contributed by atoms with Crippen LogP contribution in [0.25, 0.3) is 0 Å². The largest absolute Gasteiger partial charge is 0.243 e. The van der Waals surface area contributed by atoms with Crippen LogP contribution >= 0.6 is 11.3 Å². The molecule has 0 radical (unpaired) electrons. The molecule has 1 aliphatic heterocycles. The van der Waals surface area contributed by atoms with Gasteiger partial charge in [0.15, 0.2) is 0 Å². The standard InChI is InChI=1S/C20H25NO2S2/c22-25(23,21-14-4-8-19(21)20-9-5-15-24-20)18-12-10-17(11-13-18)16-6-2-1-3-7-16/h5,9-13,15-16,19H,1-4,6-8,14H2/t19-/m1/s1. The highest BCUT2D eigenvalue weighted by atomic mass is 32.2. The van der Waals surface area contributed by atoms with Crippen molar-refractivity contribution < 1.29 is 8.42 Å². The van der Waals surface area contributed by atoms with E-state index in [1.54, 1.807) is 15.6 Å². The summed E-state index contributed by atoms with van der Waals surface area (Å²) in [6, 6.07) is 11.8. The molecule has 134 valence electrons. The lowest BCUT2D eigenvalue weighted by Crippen LogP contribution is -2.30. The van der Waals surface area contributed by atoms with E-state index in [1.165, 1.54) is 37.7 Å². The van der Waals surface area contributed by atoms with Gasteiger partial charge in [-0.3, -0.25) is 0 Å². The third-order valence-electron chi connectivity index (χ3n) is 5.64. The Morgan fingerprint density at radius 2 is 1.68 bits per heavy atom. The van der Waals surface area contributed by atoms with Gasteiger partial charge in [0.2, 0.25) is 10.0 Å². The predicted molar refractivity (Wildman–Crippen MR) is 102 cm³/mol. The van der Waals surface area contributed by atoms with Crippen LogP contribution in [-0.4, -0.2) is 19.3 Å². The van der Waals surface area contributed by atoms with Gasteiger partial charge in [-0.2, -0.15) is 4.31 Å². The van der Waals surface area contributed by atoms with Crippen molar-refractivity contribution in [2.75, 3.05) is 6.54 Å². The van der Waals surface area contributed by atoms with E-state index in [9.17, 15) is 8.42 Å². The van der Waals surface area contributed by atoms with E-state index in [1.807, 2.05) is 35.7 Å². The highest BCUT2D eigenvalue weighted by Gasteiger charge is 2.36. The Labute approximate surface area is 154 Å². The molecule has 1 atom stereocenters. The zero-order valence-corrected chi connectivity index (χ0v) is 16.1. The van der Waals surface area contributed by atoms with Crippen LogP contribution < -0.4 is 0 Å². The van der Waals surface area contributed by atoms with E-state index in [4.69, 9.17) is 0 Å². The zero-order chi connectivity index (χ0) is 17.3. The Morgan fingerprint density at radius 3 is 2.36 bits per heavy atom. The van der Waals surface area contributed by atoms with Crippen molar-refractivity contribution in [3.63, 3.8) is 0 Å². The Bertz CT molecular complexity index is 791. The summed E-state index contributed by atoms with van der Waals surface area (Å²) in [5.74, 6) is 0.608. The second-order valence-corrected chi connectivity index (χ2v) is 10.1. The number of sulfonamides is 1. The summed E-state index contributed by atoms with van der Waals surface area (Å²) in [5.41, 5.74) is 1.30. The molecule has 3 nitrogen and oxygen atoms in total. The summed E-state index contributed by atoms with van der Waals surface area (Å²) < 4.78 is 28.0. The summed E-state index contributed by atoms with van der Waals surface area (Å²) >= 11 is 1.65. The Balaban J connectivity index is 1.57. The maximum Gasteiger partial charge on any atom is 0.243 e. The molecule has 0 N–H and O–H groups in total. The highest BCUT2D eigenvalue weighted by Crippen LogP contribution is 2.39. The number of rotatable bonds is 4. The van der Waals surface area contributed by atoms with Gasteiger partial charge in [-0.1, -0.05) is 37.5 Å². The number of hydrogen-bond acceptors (Lipinski definition) is 3. The lowest BCUT2D eigenvalue weighted by Gasteiger charge is -2.24. The van der Waals surface area contributed by atoms with Crippen LogP contribution in [0.1, 0.15) is 67.3 Å². The molecule has 2 fully saturated rings. The molecule has 1 aromatic heterocycles. The third kappa shape index (κ3) is 3.42. The van der Waals surface area contributed by atoms with Crippen molar-refractivity contribution in [2.24, 2.45) is 0 Å². The van der Waals surface area contributed by atoms with Crippen molar-refractivity contribution >= 4 is 21.4 Å². The minimum Gasteiger partial charge on any atom is -0.207 e. The van der Waals surface area contributed by atoms with Crippen molar-refractivity contribution in [2.45, 2.75) is 61.8 Å². The van der Waals surface area contributed by atoms with Crippen molar-refractivity contribution in [1.82, 2.24) is 4.31 Å². The second kappa shape index (κ2) is 7.22. The molecule has 0 bridgehead atoms. The highest BCUT2D eigenvalue weighted by molar-refractivity contribution is 7.89. The van der Waals surface area contributed by atoms with Crippen molar-refractivity contribution in [3.8, 4) is 0 Å². The zero-order valence-electron chi connectivity index (χ0n) is 14.4. The minimum atomic E-state index is -3.42. The monoisotopic (exact) mass is 375 g/mol. The molecule has 0 amide bonds. The number of benzene rings is 1. The molecule has 5 heteroatoms. The first-order valence-electron chi connectivity index (χ1n) is 9.31. The first-order valence-corrected chi connectivity index (χ1v) is 11.6. The summed E-state index contributed by atoms with van der Waals surface area (Å²) in [5, 5.41) is 2.03. The maximum atomic E-state index is 13.2. The Kier molecular flexibility index (Phi) is 4.98. The van der Waals surface area contributed by atoms with Crippen molar-refractivity contribution in [3.05, 3.63) is 52.2 Å². The van der Waals surface area contributed by atoms with Gasteiger partial charge in [0.25, 0.3) is 0 Å². The molecular formula is C20H25NO2S2. The van der Waals surface area contributed by atoms with Crippen LogP contribution in [-0.2, 0) is 10.0 Å². The summed E-state index contributed by atoms with van der Waals surface area (Å²) in [7, 11) is -3.42. The minimum absolute atomic E-state index is 0.00280. The van der Waals surface area contributed by atoms with E-state index in [0.29, 0.717) is 17.4 Å². The van der Waals surface area contributed by atoms with Crippen molar-refractivity contribution in [1.29, 1.82) is 0 Å². The molecule has 2 aromatic rings. The fourth-order valence-electron chi connectivity index (χ4n) is 4.28. The van der Waals surface area contributed by atoms with Gasteiger partial charge in [-0.05, 0) is 60.7 Å². The molecule has 4 rings (SSSR count). The molecule has 1 saturated heterocycles. The Morgan fingerprint density at radius 1 is 0.920 bits per heavy atom. The number of nitrogens with zero attached hydrogens (tertiary/aromatic N) is 1. The summed E-state index contributed by atoms with van der Waals surface area (Å²) in [6.07, 6.45) is 8.24. The lowest BCUT2D eigenvalue weighted by atomic mass is 9.84. The molecule has 0 unspecified atom stereocenters. The van der Waals surface area contributed by atoms with E-state index < -0.39 is 10.0 Å². The van der Waals surface area contributed by atoms with Crippen LogP contribution in [0, 0.1) is 0 Å². The molecule has 1 aliphatic carbocycles.